The van der Waals surface area contributed by atoms with Crippen molar-refractivity contribution in [1.82, 2.24) is 10.2 Å². The van der Waals surface area contributed by atoms with Crippen LogP contribution in [0.2, 0.25) is 0 Å². The van der Waals surface area contributed by atoms with Crippen LogP contribution in [0.25, 0.3) is 0 Å². The molecule has 5 heteroatoms. The van der Waals surface area contributed by atoms with E-state index in [1.165, 1.54) is 18.2 Å². The van der Waals surface area contributed by atoms with Gasteiger partial charge in [0.15, 0.2) is 0 Å². The van der Waals surface area contributed by atoms with Gasteiger partial charge in [-0.1, -0.05) is 60.7 Å². The minimum absolute atomic E-state index is 0.0785. The van der Waals surface area contributed by atoms with Crippen LogP contribution >= 0.6 is 0 Å². The molecule has 0 amide bonds. The molecule has 4 rings (SSSR count). The summed E-state index contributed by atoms with van der Waals surface area (Å²) in [6.07, 6.45) is 1.58. The summed E-state index contributed by atoms with van der Waals surface area (Å²) in [5.41, 5.74) is 1.85. The van der Waals surface area contributed by atoms with Crippen LogP contribution in [0.15, 0.2) is 78.9 Å². The summed E-state index contributed by atoms with van der Waals surface area (Å²) in [4.78, 5) is 2.42. The van der Waals surface area contributed by atoms with Crippen LogP contribution in [0.5, 0.6) is 5.75 Å². The SMILES string of the molecule is CC(C)(CCC(C#N)(c1ccccc1)c1ccccc1)N1CC(NCc2cc(F)ccc2O)C1. The minimum Gasteiger partial charge on any atom is -0.508 e. The second-order valence-electron chi connectivity index (χ2n) is 9.82. The fraction of sp³-hybridized carbons (Fsp3) is 0.345. The number of phenolic OH excluding ortho intramolecular Hbond substituents is 1. The summed E-state index contributed by atoms with van der Waals surface area (Å²) < 4.78 is 13.5. The quantitative estimate of drug-likeness (QED) is 0.453. The van der Waals surface area contributed by atoms with Gasteiger partial charge in [-0.2, -0.15) is 5.26 Å². The van der Waals surface area contributed by atoms with Gasteiger partial charge in [0.1, 0.15) is 17.0 Å². The van der Waals surface area contributed by atoms with Crippen molar-refractivity contribution < 1.29 is 9.50 Å². The zero-order valence-electron chi connectivity index (χ0n) is 19.8. The molecule has 3 aromatic rings. The van der Waals surface area contributed by atoms with E-state index in [2.05, 4.69) is 54.4 Å². The number of phenols is 1. The Morgan fingerprint density at radius 2 is 1.56 bits per heavy atom. The van der Waals surface area contributed by atoms with Crippen molar-refractivity contribution in [3.8, 4) is 11.8 Å². The lowest BCUT2D eigenvalue weighted by Gasteiger charge is -2.50. The van der Waals surface area contributed by atoms with Gasteiger partial charge < -0.3 is 10.4 Å². The molecular weight excluding hydrogens is 425 g/mol. The number of hydrogen-bond acceptors (Lipinski definition) is 4. The van der Waals surface area contributed by atoms with Crippen LogP contribution < -0.4 is 5.32 Å². The molecule has 0 aromatic heterocycles. The predicted molar refractivity (Wildman–Crippen MR) is 133 cm³/mol. The lowest BCUT2D eigenvalue weighted by molar-refractivity contribution is 0.0153. The summed E-state index contributed by atoms with van der Waals surface area (Å²) >= 11 is 0. The molecule has 176 valence electrons. The van der Waals surface area contributed by atoms with Crippen LogP contribution in [-0.4, -0.2) is 34.7 Å². The Balaban J connectivity index is 1.40. The number of nitrogens with one attached hydrogen (secondary N) is 1. The Morgan fingerprint density at radius 3 is 2.12 bits per heavy atom. The monoisotopic (exact) mass is 457 g/mol. The molecule has 1 saturated heterocycles. The first kappa shape index (κ1) is 23.9. The average Bonchev–Trinajstić information content (AvgIpc) is 2.82. The third-order valence-electron chi connectivity index (χ3n) is 7.20. The Morgan fingerprint density at radius 1 is 0.971 bits per heavy atom. The predicted octanol–water partition coefficient (Wildman–Crippen LogP) is 5.37. The lowest BCUT2D eigenvalue weighted by atomic mass is 9.70. The molecule has 4 nitrogen and oxygen atoms in total. The van der Waals surface area contributed by atoms with Gasteiger partial charge in [-0.25, -0.2) is 4.39 Å². The molecule has 0 radical (unpaired) electrons. The molecule has 34 heavy (non-hydrogen) atoms. The van der Waals surface area contributed by atoms with E-state index in [1.807, 2.05) is 36.4 Å². The van der Waals surface area contributed by atoms with E-state index in [9.17, 15) is 14.8 Å². The number of nitrogens with zero attached hydrogens (tertiary/aromatic N) is 2. The molecule has 0 aliphatic carbocycles. The standard InChI is InChI=1S/C29H32FN3O/c1-28(2,33-19-26(20-33)32-18-22-17-25(30)13-14-27(22)34)15-16-29(21-31,23-9-5-3-6-10-23)24-11-7-4-8-12-24/h3-14,17,26,32,34H,15-16,18-20H2,1-2H3. The minimum atomic E-state index is -0.697. The van der Waals surface area contributed by atoms with Crippen LogP contribution in [0, 0.1) is 17.1 Å². The molecular formula is C29H32FN3O. The van der Waals surface area contributed by atoms with Gasteiger partial charge in [-0.3, -0.25) is 4.90 Å². The lowest BCUT2D eigenvalue weighted by Crippen LogP contribution is -2.64. The molecule has 0 saturated carbocycles. The second-order valence-corrected chi connectivity index (χ2v) is 9.82. The maximum Gasteiger partial charge on any atom is 0.123 e. The van der Waals surface area contributed by atoms with Crippen LogP contribution in [0.1, 0.15) is 43.4 Å². The van der Waals surface area contributed by atoms with E-state index in [4.69, 9.17) is 0 Å². The topological polar surface area (TPSA) is 59.3 Å². The molecule has 1 aliphatic heterocycles. The number of benzene rings is 3. The Bertz CT molecular complexity index is 1100. The van der Waals surface area contributed by atoms with Gasteiger partial charge in [-0.15, -0.1) is 0 Å². The summed E-state index contributed by atoms with van der Waals surface area (Å²) in [5, 5.41) is 23.8. The third kappa shape index (κ3) is 4.99. The first-order valence-corrected chi connectivity index (χ1v) is 11.8. The van der Waals surface area contributed by atoms with E-state index in [-0.39, 0.29) is 23.1 Å². The van der Waals surface area contributed by atoms with E-state index < -0.39 is 5.41 Å². The normalized spacial score (nSPS) is 15.0. The molecule has 2 N–H and O–H groups in total. The van der Waals surface area contributed by atoms with Crippen LogP contribution in [-0.2, 0) is 12.0 Å². The van der Waals surface area contributed by atoms with Crippen molar-refractivity contribution in [2.45, 2.75) is 50.2 Å². The Labute approximate surface area is 201 Å². The Hall–Kier alpha value is -3.20. The molecule has 0 unspecified atom stereocenters. The molecule has 0 bridgehead atoms. The molecule has 1 fully saturated rings. The number of aromatic hydroxyl groups is 1. The molecule has 0 spiro atoms. The van der Waals surface area contributed by atoms with E-state index in [0.717, 1.165) is 37.1 Å². The first-order valence-electron chi connectivity index (χ1n) is 11.8. The van der Waals surface area contributed by atoms with E-state index >= 15 is 0 Å². The maximum absolute atomic E-state index is 13.5. The summed E-state index contributed by atoms with van der Waals surface area (Å²) in [6.45, 7) is 6.65. The summed E-state index contributed by atoms with van der Waals surface area (Å²) in [5.74, 6) is -0.233. The fourth-order valence-corrected chi connectivity index (χ4v) is 4.79. The number of halogens is 1. The van der Waals surface area contributed by atoms with Crippen molar-refractivity contribution in [2.24, 2.45) is 0 Å². The second kappa shape index (κ2) is 9.97. The van der Waals surface area contributed by atoms with Crippen molar-refractivity contribution in [3.63, 3.8) is 0 Å². The van der Waals surface area contributed by atoms with Crippen molar-refractivity contribution in [2.75, 3.05) is 13.1 Å². The van der Waals surface area contributed by atoms with Gasteiger partial charge in [-0.05, 0) is 56.0 Å². The molecule has 3 aromatic carbocycles. The molecule has 1 heterocycles. The maximum atomic E-state index is 13.5. The largest absolute Gasteiger partial charge is 0.508 e. The third-order valence-corrected chi connectivity index (χ3v) is 7.20. The van der Waals surface area contributed by atoms with Crippen molar-refractivity contribution in [3.05, 3.63) is 101 Å². The number of likely N-dealkylation sites (tertiary alicyclic amines) is 1. The molecule has 1 aliphatic rings. The number of nitriles is 1. The summed E-state index contributed by atoms with van der Waals surface area (Å²) in [6, 6.07) is 27.1. The van der Waals surface area contributed by atoms with Gasteiger partial charge in [0.05, 0.1) is 6.07 Å². The van der Waals surface area contributed by atoms with Crippen molar-refractivity contribution in [1.29, 1.82) is 5.26 Å². The Kier molecular flexibility index (Phi) is 7.02. The highest BCUT2D eigenvalue weighted by Gasteiger charge is 2.41. The zero-order valence-corrected chi connectivity index (χ0v) is 19.8. The van der Waals surface area contributed by atoms with Gasteiger partial charge in [0.25, 0.3) is 0 Å². The highest BCUT2D eigenvalue weighted by atomic mass is 19.1. The smallest absolute Gasteiger partial charge is 0.123 e. The number of rotatable bonds is 9. The van der Waals surface area contributed by atoms with Gasteiger partial charge in [0.2, 0.25) is 0 Å². The van der Waals surface area contributed by atoms with E-state index in [1.54, 1.807) is 0 Å². The highest BCUT2D eigenvalue weighted by Crippen LogP contribution is 2.39. The van der Waals surface area contributed by atoms with Crippen molar-refractivity contribution >= 4 is 0 Å². The van der Waals surface area contributed by atoms with Gasteiger partial charge in [0, 0.05) is 36.8 Å². The zero-order chi connectivity index (χ0) is 24.2. The van der Waals surface area contributed by atoms with Gasteiger partial charge >= 0.3 is 0 Å². The highest BCUT2D eigenvalue weighted by molar-refractivity contribution is 5.45. The summed E-state index contributed by atoms with van der Waals surface area (Å²) in [7, 11) is 0. The van der Waals surface area contributed by atoms with Crippen LogP contribution in [0.3, 0.4) is 0 Å². The van der Waals surface area contributed by atoms with Crippen LogP contribution in [0.4, 0.5) is 4.39 Å². The number of hydrogen-bond donors (Lipinski definition) is 2. The average molecular weight is 458 g/mol. The van der Waals surface area contributed by atoms with E-state index in [0.29, 0.717) is 12.1 Å². The first-order chi connectivity index (χ1) is 16.3. The fourth-order valence-electron chi connectivity index (χ4n) is 4.79. The molecule has 0 atom stereocenters.